The zero-order chi connectivity index (χ0) is 10.8. The SMILES string of the molecule is CC(C)=CCNC1CC(C)(C)CC1C. The van der Waals surface area contributed by atoms with Gasteiger partial charge in [-0.05, 0) is 38.0 Å². The number of rotatable bonds is 3. The second kappa shape index (κ2) is 4.48. The quantitative estimate of drug-likeness (QED) is 0.681. The molecule has 0 amide bonds. The zero-order valence-corrected chi connectivity index (χ0v) is 10.4. The predicted molar refractivity (Wildman–Crippen MR) is 63.4 cm³/mol. The summed E-state index contributed by atoms with van der Waals surface area (Å²) in [6, 6.07) is 0.723. The van der Waals surface area contributed by atoms with Gasteiger partial charge in [0.05, 0.1) is 0 Å². The lowest BCUT2D eigenvalue weighted by molar-refractivity contribution is 0.363. The Labute approximate surface area is 89.0 Å². The van der Waals surface area contributed by atoms with E-state index >= 15 is 0 Å². The van der Waals surface area contributed by atoms with Crippen LogP contribution >= 0.6 is 0 Å². The van der Waals surface area contributed by atoms with Gasteiger partial charge in [0.25, 0.3) is 0 Å². The van der Waals surface area contributed by atoms with E-state index in [1.807, 2.05) is 0 Å². The van der Waals surface area contributed by atoms with Crippen molar-refractivity contribution in [3.63, 3.8) is 0 Å². The van der Waals surface area contributed by atoms with Gasteiger partial charge in [-0.2, -0.15) is 0 Å². The Bertz CT molecular complexity index is 211. The number of nitrogens with one attached hydrogen (secondary N) is 1. The molecule has 0 radical (unpaired) electrons. The lowest BCUT2D eigenvalue weighted by Crippen LogP contribution is -2.31. The van der Waals surface area contributed by atoms with E-state index in [0.29, 0.717) is 5.41 Å². The van der Waals surface area contributed by atoms with E-state index in [-0.39, 0.29) is 0 Å². The summed E-state index contributed by atoms with van der Waals surface area (Å²) in [6.45, 7) is 12.5. The van der Waals surface area contributed by atoms with Crippen LogP contribution in [0.4, 0.5) is 0 Å². The van der Waals surface area contributed by atoms with E-state index in [1.54, 1.807) is 0 Å². The van der Waals surface area contributed by atoms with Gasteiger partial charge in [-0.25, -0.2) is 0 Å². The molecule has 0 spiro atoms. The average molecular weight is 195 g/mol. The maximum atomic E-state index is 3.64. The lowest BCUT2D eigenvalue weighted by atomic mass is 9.91. The van der Waals surface area contributed by atoms with Crippen LogP contribution in [0.3, 0.4) is 0 Å². The molecule has 1 aliphatic rings. The third kappa shape index (κ3) is 3.45. The van der Waals surface area contributed by atoms with Crippen molar-refractivity contribution in [3.8, 4) is 0 Å². The molecule has 2 atom stereocenters. The summed E-state index contributed by atoms with van der Waals surface area (Å²) in [4.78, 5) is 0. The molecule has 1 rings (SSSR count). The van der Waals surface area contributed by atoms with Gasteiger partial charge >= 0.3 is 0 Å². The molecule has 1 nitrogen and oxygen atoms in total. The summed E-state index contributed by atoms with van der Waals surface area (Å²) >= 11 is 0. The van der Waals surface area contributed by atoms with Crippen LogP contribution in [-0.2, 0) is 0 Å². The van der Waals surface area contributed by atoms with Crippen molar-refractivity contribution in [3.05, 3.63) is 11.6 Å². The second-order valence-corrected chi connectivity index (χ2v) is 5.85. The number of hydrogen-bond donors (Lipinski definition) is 1. The molecule has 82 valence electrons. The van der Waals surface area contributed by atoms with Crippen molar-refractivity contribution >= 4 is 0 Å². The molecule has 0 aliphatic heterocycles. The van der Waals surface area contributed by atoms with Crippen molar-refractivity contribution in [2.45, 2.75) is 53.5 Å². The van der Waals surface area contributed by atoms with Crippen LogP contribution in [0, 0.1) is 11.3 Å². The van der Waals surface area contributed by atoms with Gasteiger partial charge in [-0.1, -0.05) is 32.4 Å². The molecule has 0 aromatic heterocycles. The highest BCUT2D eigenvalue weighted by molar-refractivity contribution is 4.97. The van der Waals surface area contributed by atoms with Crippen LogP contribution in [0.25, 0.3) is 0 Å². The highest BCUT2D eigenvalue weighted by Gasteiger charge is 2.35. The minimum Gasteiger partial charge on any atom is -0.310 e. The molecule has 0 aromatic carbocycles. The standard InChI is InChI=1S/C13H25N/c1-10(2)6-7-14-12-9-13(4,5)8-11(12)3/h6,11-12,14H,7-9H2,1-5H3. The van der Waals surface area contributed by atoms with Gasteiger partial charge in [-0.15, -0.1) is 0 Å². The van der Waals surface area contributed by atoms with Gasteiger partial charge in [0.1, 0.15) is 0 Å². The Balaban J connectivity index is 2.36. The van der Waals surface area contributed by atoms with E-state index in [0.717, 1.165) is 18.5 Å². The molecular weight excluding hydrogens is 170 g/mol. The zero-order valence-electron chi connectivity index (χ0n) is 10.4. The minimum atomic E-state index is 0.544. The fraction of sp³-hybridized carbons (Fsp3) is 0.846. The highest BCUT2D eigenvalue weighted by Crippen LogP contribution is 2.40. The van der Waals surface area contributed by atoms with Crippen molar-refractivity contribution in [2.75, 3.05) is 6.54 Å². The molecule has 0 bridgehead atoms. The second-order valence-electron chi connectivity index (χ2n) is 5.85. The molecule has 14 heavy (non-hydrogen) atoms. The molecular formula is C13H25N. The van der Waals surface area contributed by atoms with E-state index in [9.17, 15) is 0 Å². The number of allylic oxidation sites excluding steroid dienone is 1. The molecule has 1 saturated carbocycles. The first kappa shape index (κ1) is 11.8. The van der Waals surface area contributed by atoms with E-state index in [1.165, 1.54) is 18.4 Å². The first-order valence-electron chi connectivity index (χ1n) is 5.77. The third-order valence-electron chi connectivity index (χ3n) is 3.22. The topological polar surface area (TPSA) is 12.0 Å². The van der Waals surface area contributed by atoms with Crippen LogP contribution in [0.15, 0.2) is 11.6 Å². The predicted octanol–water partition coefficient (Wildman–Crippen LogP) is 3.37. The monoisotopic (exact) mass is 195 g/mol. The van der Waals surface area contributed by atoms with Crippen LogP contribution in [0.1, 0.15) is 47.5 Å². The molecule has 0 saturated heterocycles. The molecule has 0 aromatic rings. The average Bonchev–Trinajstić information content (AvgIpc) is 2.24. The Kier molecular flexibility index (Phi) is 3.77. The van der Waals surface area contributed by atoms with E-state index in [4.69, 9.17) is 0 Å². The normalized spacial score (nSPS) is 30.4. The van der Waals surface area contributed by atoms with Crippen molar-refractivity contribution in [2.24, 2.45) is 11.3 Å². The van der Waals surface area contributed by atoms with Gasteiger partial charge in [-0.3, -0.25) is 0 Å². The summed E-state index contributed by atoms with van der Waals surface area (Å²) in [5.41, 5.74) is 1.95. The fourth-order valence-electron chi connectivity index (χ4n) is 2.58. The highest BCUT2D eigenvalue weighted by atomic mass is 14.9. The summed E-state index contributed by atoms with van der Waals surface area (Å²) in [5.74, 6) is 0.829. The van der Waals surface area contributed by atoms with Crippen LogP contribution in [0.2, 0.25) is 0 Å². The van der Waals surface area contributed by atoms with E-state index in [2.05, 4.69) is 46.0 Å². The Hall–Kier alpha value is -0.300. The van der Waals surface area contributed by atoms with Crippen molar-refractivity contribution in [1.29, 1.82) is 0 Å². The largest absolute Gasteiger partial charge is 0.310 e. The molecule has 0 heterocycles. The van der Waals surface area contributed by atoms with Crippen LogP contribution < -0.4 is 5.32 Å². The first-order chi connectivity index (χ1) is 6.41. The number of hydrogen-bond acceptors (Lipinski definition) is 1. The van der Waals surface area contributed by atoms with Gasteiger partial charge in [0, 0.05) is 12.6 Å². The molecule has 1 N–H and O–H groups in total. The van der Waals surface area contributed by atoms with Crippen LogP contribution in [0.5, 0.6) is 0 Å². The molecule has 1 aliphatic carbocycles. The maximum absolute atomic E-state index is 3.64. The fourth-order valence-corrected chi connectivity index (χ4v) is 2.58. The summed E-state index contributed by atoms with van der Waals surface area (Å²) < 4.78 is 0. The van der Waals surface area contributed by atoms with Crippen molar-refractivity contribution in [1.82, 2.24) is 5.32 Å². The minimum absolute atomic E-state index is 0.544. The lowest BCUT2D eigenvalue weighted by Gasteiger charge is -2.17. The van der Waals surface area contributed by atoms with Crippen molar-refractivity contribution < 1.29 is 0 Å². The van der Waals surface area contributed by atoms with Crippen LogP contribution in [-0.4, -0.2) is 12.6 Å². The summed E-state index contributed by atoms with van der Waals surface area (Å²) in [7, 11) is 0. The summed E-state index contributed by atoms with van der Waals surface area (Å²) in [5, 5.41) is 3.64. The van der Waals surface area contributed by atoms with E-state index < -0.39 is 0 Å². The Morgan fingerprint density at radius 1 is 1.36 bits per heavy atom. The van der Waals surface area contributed by atoms with Gasteiger partial charge < -0.3 is 5.32 Å². The smallest absolute Gasteiger partial charge is 0.0140 e. The molecule has 1 fully saturated rings. The molecule has 1 heteroatoms. The first-order valence-corrected chi connectivity index (χ1v) is 5.77. The Morgan fingerprint density at radius 3 is 2.43 bits per heavy atom. The molecule has 2 unspecified atom stereocenters. The maximum Gasteiger partial charge on any atom is 0.0140 e. The Morgan fingerprint density at radius 2 is 2.00 bits per heavy atom. The van der Waals surface area contributed by atoms with Gasteiger partial charge in [0.15, 0.2) is 0 Å². The summed E-state index contributed by atoms with van der Waals surface area (Å²) in [6.07, 6.45) is 4.96. The van der Waals surface area contributed by atoms with Gasteiger partial charge in [0.2, 0.25) is 0 Å². The third-order valence-corrected chi connectivity index (χ3v) is 3.22.